The van der Waals surface area contributed by atoms with Gasteiger partial charge in [0.25, 0.3) is 0 Å². The zero-order valence-electron chi connectivity index (χ0n) is 9.68. The molecule has 7 heteroatoms. The number of ether oxygens (including phenoxy) is 2. The summed E-state index contributed by atoms with van der Waals surface area (Å²) in [6.45, 7) is 7.71. The fourth-order valence-corrected chi connectivity index (χ4v) is 0.136. The van der Waals surface area contributed by atoms with Gasteiger partial charge in [0.1, 0.15) is 0 Å². The SMILES string of the molecule is CC(C)(C)[NH-].CO[CH-]COC.[Cl][Ta]([Cl])[Cl]. The minimum atomic E-state index is -2.18. The predicted molar refractivity (Wildman–Crippen MR) is 64.8 cm³/mol. The van der Waals surface area contributed by atoms with Gasteiger partial charge in [0.05, 0.1) is 0 Å². The van der Waals surface area contributed by atoms with E-state index in [0.717, 1.165) is 0 Å². The number of methoxy groups -OCH3 is 2. The van der Waals surface area contributed by atoms with Crippen LogP contribution in [0.15, 0.2) is 0 Å². The van der Waals surface area contributed by atoms with E-state index < -0.39 is 15.2 Å². The number of halogens is 3. The van der Waals surface area contributed by atoms with Crippen LogP contribution in [-0.4, -0.2) is 26.4 Å². The van der Waals surface area contributed by atoms with Crippen LogP contribution in [0, 0.1) is 6.61 Å². The van der Waals surface area contributed by atoms with Crippen LogP contribution in [0.4, 0.5) is 0 Å². The molecule has 0 amide bonds. The molecule has 0 unspecified atom stereocenters. The van der Waals surface area contributed by atoms with Crippen LogP contribution in [0.25, 0.3) is 5.73 Å². The van der Waals surface area contributed by atoms with Gasteiger partial charge >= 0.3 is 42.8 Å². The minimum absolute atomic E-state index is 0.250. The van der Waals surface area contributed by atoms with Crippen LogP contribution < -0.4 is 0 Å². The van der Waals surface area contributed by atoms with Crippen molar-refractivity contribution in [2.45, 2.75) is 26.3 Å². The Hall–Kier alpha value is 1.49. The first-order chi connectivity index (χ1) is 6.65. The van der Waals surface area contributed by atoms with Gasteiger partial charge < -0.3 is 15.2 Å². The molecular weight excluding hydrogens is 429 g/mol. The van der Waals surface area contributed by atoms with E-state index in [0.29, 0.717) is 6.61 Å². The summed E-state index contributed by atoms with van der Waals surface area (Å²) in [5.74, 6) is 0. The normalized spacial score (nSPS) is 10.0. The summed E-state index contributed by atoms with van der Waals surface area (Å²) in [6.07, 6.45) is 0. The van der Waals surface area contributed by atoms with Gasteiger partial charge in [-0.3, -0.25) is 0 Å². The molecule has 15 heavy (non-hydrogen) atoms. The molecule has 0 bridgehead atoms. The van der Waals surface area contributed by atoms with Crippen molar-refractivity contribution < 1.29 is 24.7 Å². The Morgan fingerprint density at radius 2 is 1.47 bits per heavy atom. The molecule has 0 aromatic carbocycles. The Kier molecular flexibility index (Phi) is 22.5. The fraction of sp³-hybridized carbons (Fsp3) is 0.875. The van der Waals surface area contributed by atoms with Crippen LogP contribution in [0.3, 0.4) is 0 Å². The Bertz CT molecular complexity index is 99.8. The van der Waals surface area contributed by atoms with Gasteiger partial charge in [0.15, 0.2) is 0 Å². The molecule has 0 aliphatic heterocycles. The summed E-state index contributed by atoms with van der Waals surface area (Å²) in [5.41, 5.74) is 6.69. The van der Waals surface area contributed by atoms with Crippen LogP contribution in [-0.2, 0) is 24.7 Å². The van der Waals surface area contributed by atoms with Gasteiger partial charge in [-0.05, 0) is 7.11 Å². The number of hydrogen-bond acceptors (Lipinski definition) is 2. The Morgan fingerprint density at radius 1 is 1.20 bits per heavy atom. The zero-order valence-corrected chi connectivity index (χ0v) is 15.2. The zero-order chi connectivity index (χ0) is 12.9. The van der Waals surface area contributed by atoms with Gasteiger partial charge in [0.2, 0.25) is 0 Å². The van der Waals surface area contributed by atoms with Crippen LogP contribution in [0.5, 0.6) is 0 Å². The van der Waals surface area contributed by atoms with Gasteiger partial charge in [-0.1, -0.05) is 27.4 Å². The van der Waals surface area contributed by atoms with Crippen molar-refractivity contribution in [2.24, 2.45) is 0 Å². The summed E-state index contributed by atoms with van der Waals surface area (Å²) in [6, 6.07) is 0. The van der Waals surface area contributed by atoms with Crippen molar-refractivity contribution in [3.8, 4) is 0 Å². The first kappa shape index (κ1) is 21.7. The average molecular weight is 449 g/mol. The van der Waals surface area contributed by atoms with E-state index in [1.54, 1.807) is 20.8 Å². The number of nitrogens with one attached hydrogen (secondary N) is 1. The third-order valence-electron chi connectivity index (χ3n) is 0.401. The molecule has 0 radical (unpaired) electrons. The van der Waals surface area contributed by atoms with Crippen molar-refractivity contribution in [2.75, 3.05) is 20.8 Å². The predicted octanol–water partition coefficient (Wildman–Crippen LogP) is 4.34. The molecule has 3 nitrogen and oxygen atoms in total. The van der Waals surface area contributed by atoms with Crippen molar-refractivity contribution in [3.05, 3.63) is 12.3 Å². The third-order valence-corrected chi connectivity index (χ3v) is 0.401. The monoisotopic (exact) mass is 447 g/mol. The molecule has 0 aliphatic rings. The molecule has 0 atom stereocenters. The standard InChI is InChI=1S/C4H10N.C4H9O2.3ClH.Ta/c1-4(2,3)5;1-5-3-4-6-2;;;;/h5H,1-3H3;3H,4H2,1-2H3;3*1H;/q2*-1;;;;+3/p-3. The first-order valence-electron chi connectivity index (χ1n) is 4.01. The summed E-state index contributed by atoms with van der Waals surface area (Å²) in [4.78, 5) is 0. The number of rotatable bonds is 3. The van der Waals surface area contributed by atoms with Gasteiger partial charge in [-0.2, -0.15) is 6.61 Å². The molecule has 0 fully saturated rings. The Labute approximate surface area is 111 Å². The van der Waals surface area contributed by atoms with Crippen molar-refractivity contribution in [1.29, 1.82) is 0 Å². The topological polar surface area (TPSA) is 42.3 Å². The molecule has 96 valence electrons. The molecule has 1 N–H and O–H groups in total. The molecule has 0 aromatic heterocycles. The second kappa shape index (κ2) is 15.5. The summed E-state index contributed by atoms with van der Waals surface area (Å²) in [7, 11) is 18.2. The van der Waals surface area contributed by atoms with E-state index >= 15 is 0 Å². The van der Waals surface area contributed by atoms with Gasteiger partial charge in [-0.25, -0.2) is 0 Å². The van der Waals surface area contributed by atoms with Crippen LogP contribution >= 0.6 is 27.6 Å². The molecule has 0 spiro atoms. The van der Waals surface area contributed by atoms with Crippen molar-refractivity contribution in [1.82, 2.24) is 0 Å². The molecule has 0 heterocycles. The van der Waals surface area contributed by atoms with E-state index in [4.69, 9.17) is 33.3 Å². The Balaban J connectivity index is -0.000000147. The van der Waals surface area contributed by atoms with Crippen molar-refractivity contribution in [3.63, 3.8) is 0 Å². The van der Waals surface area contributed by atoms with E-state index in [9.17, 15) is 0 Å². The van der Waals surface area contributed by atoms with Gasteiger partial charge in [-0.15, -0.1) is 5.54 Å². The maximum absolute atomic E-state index is 6.94. The van der Waals surface area contributed by atoms with E-state index in [1.165, 1.54) is 0 Å². The molecule has 0 saturated heterocycles. The molecule has 0 saturated carbocycles. The van der Waals surface area contributed by atoms with Crippen LogP contribution in [0.2, 0.25) is 0 Å². The maximum atomic E-state index is 6.94. The third kappa shape index (κ3) is 140. The number of hydrogen-bond donors (Lipinski definition) is 0. The van der Waals surface area contributed by atoms with E-state index in [2.05, 4.69) is 9.47 Å². The quantitative estimate of drug-likeness (QED) is 0.476. The van der Waals surface area contributed by atoms with E-state index in [-0.39, 0.29) is 5.54 Å². The second-order valence-corrected chi connectivity index (χ2v) is 17.2. The van der Waals surface area contributed by atoms with E-state index in [1.807, 2.05) is 20.8 Å². The van der Waals surface area contributed by atoms with Crippen LogP contribution in [0.1, 0.15) is 20.8 Å². The second-order valence-electron chi connectivity index (χ2n) is 3.30. The van der Waals surface area contributed by atoms with Crippen molar-refractivity contribution >= 4 is 27.6 Å². The first-order valence-corrected chi connectivity index (χ1v) is 16.0. The van der Waals surface area contributed by atoms with Gasteiger partial charge in [0, 0.05) is 7.11 Å². The summed E-state index contributed by atoms with van der Waals surface area (Å²) in [5, 5.41) is 0. The molecule has 0 aliphatic carbocycles. The molecule has 0 rings (SSSR count). The molecular formula is C8H19Cl3NO2Ta-2. The summed E-state index contributed by atoms with van der Waals surface area (Å²) < 4.78 is 9.13. The molecule has 0 aromatic rings. The average Bonchev–Trinajstić information content (AvgIpc) is 1.96. The Morgan fingerprint density at radius 3 is 1.53 bits per heavy atom. The fourth-order valence-electron chi connectivity index (χ4n) is 0.136. The summed E-state index contributed by atoms with van der Waals surface area (Å²) >= 11 is -2.18.